The largest absolute Gasteiger partial charge is 0.381 e. The molecular weight excluding hydrogens is 140 g/mol. The van der Waals surface area contributed by atoms with Gasteiger partial charge in [0.15, 0.2) is 0 Å². The highest BCUT2D eigenvalue weighted by atomic mass is 16.5. The standard InChI is InChI=1S/C8H18N2O/c1-7(10-9-2)8-3-5-11-6-4-8/h7-10H,3-6H2,1-2H3. The Bertz CT molecular complexity index is 102. The molecule has 1 aliphatic heterocycles. The van der Waals surface area contributed by atoms with E-state index in [0.29, 0.717) is 6.04 Å². The second kappa shape index (κ2) is 4.70. The van der Waals surface area contributed by atoms with Crippen molar-refractivity contribution in [2.45, 2.75) is 25.8 Å². The van der Waals surface area contributed by atoms with Gasteiger partial charge in [-0.3, -0.25) is 10.9 Å². The first kappa shape index (κ1) is 8.97. The molecule has 0 radical (unpaired) electrons. The van der Waals surface area contributed by atoms with Gasteiger partial charge in [0, 0.05) is 19.3 Å². The number of hydrogen-bond acceptors (Lipinski definition) is 3. The number of hydrogen-bond donors (Lipinski definition) is 2. The van der Waals surface area contributed by atoms with E-state index in [0.717, 1.165) is 19.1 Å². The predicted molar refractivity (Wildman–Crippen MR) is 45.2 cm³/mol. The van der Waals surface area contributed by atoms with Crippen molar-refractivity contribution in [1.82, 2.24) is 10.9 Å². The Morgan fingerprint density at radius 3 is 2.55 bits per heavy atom. The minimum Gasteiger partial charge on any atom is -0.381 e. The average molecular weight is 158 g/mol. The molecule has 0 amide bonds. The molecule has 2 N–H and O–H groups in total. The summed E-state index contributed by atoms with van der Waals surface area (Å²) in [5, 5.41) is 0. The maximum atomic E-state index is 5.28. The monoisotopic (exact) mass is 158 g/mol. The van der Waals surface area contributed by atoms with Crippen LogP contribution in [0.25, 0.3) is 0 Å². The molecule has 0 bridgehead atoms. The third kappa shape index (κ3) is 2.77. The Morgan fingerprint density at radius 1 is 1.36 bits per heavy atom. The van der Waals surface area contributed by atoms with Crippen LogP contribution in [0.4, 0.5) is 0 Å². The lowest BCUT2D eigenvalue weighted by Gasteiger charge is -2.27. The lowest BCUT2D eigenvalue weighted by atomic mass is 9.93. The van der Waals surface area contributed by atoms with E-state index in [1.807, 2.05) is 7.05 Å². The Labute approximate surface area is 68.5 Å². The molecule has 0 spiro atoms. The number of rotatable bonds is 3. The third-order valence-electron chi connectivity index (χ3n) is 2.35. The summed E-state index contributed by atoms with van der Waals surface area (Å²) < 4.78 is 5.28. The number of nitrogens with one attached hydrogen (secondary N) is 2. The summed E-state index contributed by atoms with van der Waals surface area (Å²) in [6.45, 7) is 4.08. The fraction of sp³-hybridized carbons (Fsp3) is 1.00. The zero-order valence-electron chi connectivity index (χ0n) is 7.39. The second-order valence-corrected chi connectivity index (χ2v) is 3.13. The van der Waals surface area contributed by atoms with E-state index in [9.17, 15) is 0 Å². The lowest BCUT2D eigenvalue weighted by Crippen LogP contribution is -2.42. The van der Waals surface area contributed by atoms with Gasteiger partial charge in [0.25, 0.3) is 0 Å². The van der Waals surface area contributed by atoms with Crippen molar-refractivity contribution >= 4 is 0 Å². The van der Waals surface area contributed by atoms with Gasteiger partial charge in [-0.05, 0) is 32.7 Å². The molecule has 1 aliphatic rings. The van der Waals surface area contributed by atoms with Gasteiger partial charge in [-0.15, -0.1) is 0 Å². The van der Waals surface area contributed by atoms with Crippen LogP contribution in [0.5, 0.6) is 0 Å². The molecule has 1 unspecified atom stereocenters. The number of hydrazine groups is 1. The second-order valence-electron chi connectivity index (χ2n) is 3.13. The van der Waals surface area contributed by atoms with Gasteiger partial charge in [0.2, 0.25) is 0 Å². The molecule has 3 heteroatoms. The molecular formula is C8H18N2O. The van der Waals surface area contributed by atoms with Crippen LogP contribution in [-0.2, 0) is 4.74 Å². The van der Waals surface area contributed by atoms with Crippen LogP contribution < -0.4 is 10.9 Å². The summed E-state index contributed by atoms with van der Waals surface area (Å²) in [4.78, 5) is 0. The van der Waals surface area contributed by atoms with Gasteiger partial charge in [-0.2, -0.15) is 0 Å². The van der Waals surface area contributed by atoms with E-state index in [1.54, 1.807) is 0 Å². The van der Waals surface area contributed by atoms with Crippen molar-refractivity contribution in [3.05, 3.63) is 0 Å². The van der Waals surface area contributed by atoms with E-state index < -0.39 is 0 Å². The Morgan fingerprint density at radius 2 is 2.00 bits per heavy atom. The van der Waals surface area contributed by atoms with E-state index in [1.165, 1.54) is 12.8 Å². The molecule has 0 aromatic heterocycles. The molecule has 1 fully saturated rings. The lowest BCUT2D eigenvalue weighted by molar-refractivity contribution is 0.0545. The van der Waals surface area contributed by atoms with Gasteiger partial charge in [0.05, 0.1) is 0 Å². The van der Waals surface area contributed by atoms with Crippen molar-refractivity contribution in [3.63, 3.8) is 0 Å². The van der Waals surface area contributed by atoms with Gasteiger partial charge >= 0.3 is 0 Å². The summed E-state index contributed by atoms with van der Waals surface area (Å²) in [6.07, 6.45) is 2.38. The van der Waals surface area contributed by atoms with E-state index in [-0.39, 0.29) is 0 Å². The van der Waals surface area contributed by atoms with Crippen LogP contribution in [0.15, 0.2) is 0 Å². The molecule has 1 heterocycles. The average Bonchev–Trinajstić information content (AvgIpc) is 2.07. The molecule has 3 nitrogen and oxygen atoms in total. The van der Waals surface area contributed by atoms with E-state index in [4.69, 9.17) is 4.74 Å². The van der Waals surface area contributed by atoms with Crippen LogP contribution in [-0.4, -0.2) is 26.3 Å². The zero-order valence-corrected chi connectivity index (χ0v) is 7.39. The summed E-state index contributed by atoms with van der Waals surface area (Å²) >= 11 is 0. The first-order valence-electron chi connectivity index (χ1n) is 4.34. The van der Waals surface area contributed by atoms with E-state index >= 15 is 0 Å². The molecule has 11 heavy (non-hydrogen) atoms. The Balaban J connectivity index is 2.21. The van der Waals surface area contributed by atoms with Crippen molar-refractivity contribution < 1.29 is 4.74 Å². The summed E-state index contributed by atoms with van der Waals surface area (Å²) in [5.74, 6) is 0.774. The highest BCUT2D eigenvalue weighted by molar-refractivity contribution is 4.72. The van der Waals surface area contributed by atoms with Gasteiger partial charge in [-0.25, -0.2) is 0 Å². The Hall–Kier alpha value is -0.120. The minimum absolute atomic E-state index is 0.559. The molecule has 66 valence electrons. The van der Waals surface area contributed by atoms with E-state index in [2.05, 4.69) is 17.8 Å². The first-order valence-corrected chi connectivity index (χ1v) is 4.34. The fourth-order valence-corrected chi connectivity index (χ4v) is 1.56. The molecule has 0 saturated carbocycles. The van der Waals surface area contributed by atoms with Gasteiger partial charge in [-0.1, -0.05) is 0 Å². The first-order chi connectivity index (χ1) is 5.34. The molecule has 0 aromatic rings. The maximum absolute atomic E-state index is 5.28. The fourth-order valence-electron chi connectivity index (χ4n) is 1.56. The molecule has 1 atom stereocenters. The quantitative estimate of drug-likeness (QED) is 0.588. The van der Waals surface area contributed by atoms with Crippen molar-refractivity contribution in [2.75, 3.05) is 20.3 Å². The third-order valence-corrected chi connectivity index (χ3v) is 2.35. The summed E-state index contributed by atoms with van der Waals surface area (Å²) in [7, 11) is 1.91. The van der Waals surface area contributed by atoms with Crippen molar-refractivity contribution in [3.8, 4) is 0 Å². The van der Waals surface area contributed by atoms with Crippen molar-refractivity contribution in [2.24, 2.45) is 5.92 Å². The van der Waals surface area contributed by atoms with Crippen LogP contribution in [0, 0.1) is 5.92 Å². The summed E-state index contributed by atoms with van der Waals surface area (Å²) in [5.41, 5.74) is 6.18. The SMILES string of the molecule is CNNC(C)C1CCOCC1. The molecule has 1 saturated heterocycles. The molecule has 0 aliphatic carbocycles. The normalized spacial score (nSPS) is 23.5. The van der Waals surface area contributed by atoms with Gasteiger partial charge in [0.1, 0.15) is 0 Å². The van der Waals surface area contributed by atoms with Crippen LogP contribution in [0.1, 0.15) is 19.8 Å². The Kier molecular flexibility index (Phi) is 3.83. The van der Waals surface area contributed by atoms with Crippen LogP contribution in [0.2, 0.25) is 0 Å². The predicted octanol–water partition coefficient (Wildman–Crippen LogP) is 0.525. The minimum atomic E-state index is 0.559. The number of ether oxygens (including phenoxy) is 1. The van der Waals surface area contributed by atoms with Crippen LogP contribution >= 0.6 is 0 Å². The smallest absolute Gasteiger partial charge is 0.0469 e. The molecule has 1 rings (SSSR count). The van der Waals surface area contributed by atoms with Gasteiger partial charge < -0.3 is 4.74 Å². The summed E-state index contributed by atoms with van der Waals surface area (Å²) in [6, 6.07) is 0.559. The highest BCUT2D eigenvalue weighted by Gasteiger charge is 2.19. The topological polar surface area (TPSA) is 33.3 Å². The zero-order chi connectivity index (χ0) is 8.10. The van der Waals surface area contributed by atoms with Crippen LogP contribution in [0.3, 0.4) is 0 Å². The maximum Gasteiger partial charge on any atom is 0.0469 e. The highest BCUT2D eigenvalue weighted by Crippen LogP contribution is 2.17. The van der Waals surface area contributed by atoms with Crippen molar-refractivity contribution in [1.29, 1.82) is 0 Å². The molecule has 0 aromatic carbocycles.